The molecule has 0 amide bonds. The van der Waals surface area contributed by atoms with E-state index in [2.05, 4.69) is 25.8 Å². The van der Waals surface area contributed by atoms with Crippen LogP contribution in [0.1, 0.15) is 100 Å². The monoisotopic (exact) mass is 505 g/mol. The van der Waals surface area contributed by atoms with Crippen molar-refractivity contribution < 1.29 is 19.1 Å². The van der Waals surface area contributed by atoms with Crippen molar-refractivity contribution >= 4 is 29.9 Å². The van der Waals surface area contributed by atoms with E-state index >= 15 is 0 Å². The summed E-state index contributed by atoms with van der Waals surface area (Å²) in [6.45, 7) is 7.23. The van der Waals surface area contributed by atoms with Crippen LogP contribution < -0.4 is 0 Å². The van der Waals surface area contributed by atoms with Gasteiger partial charge in [0.25, 0.3) is 0 Å². The van der Waals surface area contributed by atoms with Gasteiger partial charge < -0.3 is 9.47 Å². The number of carbonyl (C=O) groups excluding carboxylic acids is 2. The molecule has 0 aromatic heterocycles. The number of ether oxygens (including phenoxy) is 2. The SMILES string of the molecule is CCCCCCCCCCOC(=O)c1ccccc1/C=N\c1ccc(/C=C/C(=O)OC[C@@H](C)CC)cc1. The topological polar surface area (TPSA) is 65.0 Å². The molecule has 0 aliphatic carbocycles. The van der Waals surface area contributed by atoms with Gasteiger partial charge in [0.2, 0.25) is 0 Å². The first kappa shape index (κ1) is 30.0. The number of hydrogen-bond acceptors (Lipinski definition) is 5. The molecule has 5 nitrogen and oxygen atoms in total. The fraction of sp³-hybridized carbons (Fsp3) is 0.469. The third-order valence-electron chi connectivity index (χ3n) is 6.28. The molecular weight excluding hydrogens is 462 g/mol. The van der Waals surface area contributed by atoms with Crippen LogP contribution >= 0.6 is 0 Å². The molecule has 0 radical (unpaired) electrons. The van der Waals surface area contributed by atoms with Gasteiger partial charge in [-0.1, -0.05) is 102 Å². The molecule has 0 saturated carbocycles. The maximum absolute atomic E-state index is 12.6. The predicted molar refractivity (Wildman–Crippen MR) is 152 cm³/mol. The third-order valence-corrected chi connectivity index (χ3v) is 6.28. The van der Waals surface area contributed by atoms with Gasteiger partial charge in [-0.3, -0.25) is 4.99 Å². The number of unbranched alkanes of at least 4 members (excludes halogenated alkanes) is 7. The van der Waals surface area contributed by atoms with E-state index in [0.29, 0.717) is 24.7 Å². The molecule has 0 saturated heterocycles. The van der Waals surface area contributed by atoms with Crippen LogP contribution in [0.5, 0.6) is 0 Å². The van der Waals surface area contributed by atoms with E-state index in [-0.39, 0.29) is 11.9 Å². The van der Waals surface area contributed by atoms with Crippen LogP contribution in [-0.4, -0.2) is 31.4 Å². The average Bonchev–Trinajstić information content (AvgIpc) is 2.93. The van der Waals surface area contributed by atoms with E-state index in [9.17, 15) is 9.59 Å². The van der Waals surface area contributed by atoms with Crippen LogP contribution in [-0.2, 0) is 14.3 Å². The zero-order valence-corrected chi connectivity index (χ0v) is 22.8. The molecule has 0 N–H and O–H groups in total. The molecule has 0 unspecified atom stereocenters. The second-order valence-electron chi connectivity index (χ2n) is 9.52. The van der Waals surface area contributed by atoms with Crippen LogP contribution in [0, 0.1) is 5.92 Å². The summed E-state index contributed by atoms with van der Waals surface area (Å²) in [7, 11) is 0. The van der Waals surface area contributed by atoms with Crippen molar-refractivity contribution in [2.24, 2.45) is 10.9 Å². The molecule has 0 aliphatic rings. The molecule has 0 aliphatic heterocycles. The molecule has 37 heavy (non-hydrogen) atoms. The number of carbonyl (C=O) groups is 2. The molecule has 2 aromatic rings. The minimum absolute atomic E-state index is 0.314. The van der Waals surface area contributed by atoms with Gasteiger partial charge in [-0.05, 0) is 42.2 Å². The molecule has 1 atom stereocenters. The van der Waals surface area contributed by atoms with Gasteiger partial charge in [-0.2, -0.15) is 0 Å². The highest BCUT2D eigenvalue weighted by Gasteiger charge is 2.11. The Hall–Kier alpha value is -3.21. The Morgan fingerprint density at radius 3 is 2.24 bits per heavy atom. The van der Waals surface area contributed by atoms with Gasteiger partial charge in [-0.25, -0.2) is 9.59 Å². The summed E-state index contributed by atoms with van der Waals surface area (Å²) in [6.07, 6.45) is 15.5. The lowest BCUT2D eigenvalue weighted by molar-refractivity contribution is -0.138. The van der Waals surface area contributed by atoms with Crippen LogP contribution in [0.2, 0.25) is 0 Å². The standard InChI is InChI=1S/C32H43NO4/c1-4-6-7-8-9-10-11-14-23-36-32(35)30-16-13-12-15-28(30)24-33-29-20-17-27(18-21-29)19-22-31(34)37-25-26(3)5-2/h12-13,15-22,24,26H,4-11,14,23,25H2,1-3H3/b22-19+,33-24-/t26-/m0/s1. The molecule has 0 spiro atoms. The summed E-state index contributed by atoms with van der Waals surface area (Å²) in [5.74, 6) is -0.296. The summed E-state index contributed by atoms with van der Waals surface area (Å²) < 4.78 is 10.7. The predicted octanol–water partition coefficient (Wildman–Crippen LogP) is 8.34. The highest BCUT2D eigenvalue weighted by Crippen LogP contribution is 2.16. The zero-order chi connectivity index (χ0) is 26.7. The number of hydrogen-bond donors (Lipinski definition) is 0. The summed E-state index contributed by atoms with van der Waals surface area (Å²) in [5, 5.41) is 0. The Kier molecular flexibility index (Phi) is 14.7. The number of esters is 2. The van der Waals surface area contributed by atoms with Crippen LogP contribution in [0.4, 0.5) is 5.69 Å². The van der Waals surface area contributed by atoms with E-state index in [1.165, 1.54) is 44.6 Å². The van der Waals surface area contributed by atoms with Gasteiger partial charge in [0.15, 0.2) is 0 Å². The minimum atomic E-state index is -0.340. The molecule has 0 fully saturated rings. The van der Waals surface area contributed by atoms with Gasteiger partial charge in [-0.15, -0.1) is 0 Å². The van der Waals surface area contributed by atoms with Crippen LogP contribution in [0.3, 0.4) is 0 Å². The maximum Gasteiger partial charge on any atom is 0.338 e. The normalized spacial score (nSPS) is 12.2. The van der Waals surface area contributed by atoms with Crippen LogP contribution in [0.15, 0.2) is 59.6 Å². The number of benzene rings is 2. The molecule has 200 valence electrons. The quantitative estimate of drug-likeness (QED) is 0.0938. The first-order valence-electron chi connectivity index (χ1n) is 13.8. The Labute approximate surface area is 223 Å². The molecule has 0 bridgehead atoms. The van der Waals surface area contributed by atoms with E-state index < -0.39 is 0 Å². The van der Waals surface area contributed by atoms with E-state index in [0.717, 1.165) is 36.1 Å². The molecule has 5 heteroatoms. The van der Waals surface area contributed by atoms with Crippen molar-refractivity contribution in [2.45, 2.75) is 78.6 Å². The van der Waals surface area contributed by atoms with Crippen molar-refractivity contribution in [3.63, 3.8) is 0 Å². The summed E-state index contributed by atoms with van der Waals surface area (Å²) in [4.78, 5) is 29.0. The highest BCUT2D eigenvalue weighted by atomic mass is 16.5. The molecular formula is C32H43NO4. The summed E-state index contributed by atoms with van der Waals surface area (Å²) in [6, 6.07) is 14.8. The second kappa shape index (κ2) is 18.1. The lowest BCUT2D eigenvalue weighted by Crippen LogP contribution is -2.09. The fourth-order valence-corrected chi connectivity index (χ4v) is 3.64. The maximum atomic E-state index is 12.6. The lowest BCUT2D eigenvalue weighted by atomic mass is 10.1. The highest BCUT2D eigenvalue weighted by molar-refractivity contribution is 5.99. The zero-order valence-electron chi connectivity index (χ0n) is 22.8. The molecule has 0 heterocycles. The minimum Gasteiger partial charge on any atom is -0.462 e. The Bertz CT molecular complexity index is 994. The fourth-order valence-electron chi connectivity index (χ4n) is 3.64. The van der Waals surface area contributed by atoms with E-state index in [4.69, 9.17) is 9.47 Å². The van der Waals surface area contributed by atoms with Crippen molar-refractivity contribution in [2.75, 3.05) is 13.2 Å². The largest absolute Gasteiger partial charge is 0.462 e. The Morgan fingerprint density at radius 2 is 1.54 bits per heavy atom. The van der Waals surface area contributed by atoms with Crippen molar-refractivity contribution in [1.82, 2.24) is 0 Å². The van der Waals surface area contributed by atoms with Crippen molar-refractivity contribution in [3.8, 4) is 0 Å². The Morgan fingerprint density at radius 1 is 0.865 bits per heavy atom. The van der Waals surface area contributed by atoms with Gasteiger partial charge in [0, 0.05) is 17.9 Å². The van der Waals surface area contributed by atoms with E-state index in [1.807, 2.05) is 42.5 Å². The summed E-state index contributed by atoms with van der Waals surface area (Å²) >= 11 is 0. The smallest absolute Gasteiger partial charge is 0.338 e. The number of aliphatic imine (C=N–C) groups is 1. The van der Waals surface area contributed by atoms with Crippen molar-refractivity contribution in [3.05, 3.63) is 71.3 Å². The first-order chi connectivity index (χ1) is 18.0. The number of rotatable bonds is 17. The first-order valence-corrected chi connectivity index (χ1v) is 13.8. The van der Waals surface area contributed by atoms with Crippen molar-refractivity contribution in [1.29, 1.82) is 0 Å². The van der Waals surface area contributed by atoms with Crippen LogP contribution in [0.25, 0.3) is 6.08 Å². The van der Waals surface area contributed by atoms with Gasteiger partial charge in [0.05, 0.1) is 24.5 Å². The molecule has 2 aromatic carbocycles. The van der Waals surface area contributed by atoms with Gasteiger partial charge in [0.1, 0.15) is 0 Å². The number of nitrogens with zero attached hydrogens (tertiary/aromatic N) is 1. The second-order valence-corrected chi connectivity index (χ2v) is 9.52. The average molecular weight is 506 g/mol. The Balaban J connectivity index is 1.82. The lowest BCUT2D eigenvalue weighted by Gasteiger charge is -2.07. The summed E-state index contributed by atoms with van der Waals surface area (Å²) in [5.41, 5.74) is 2.86. The molecule has 2 rings (SSSR count). The third kappa shape index (κ3) is 12.5. The van der Waals surface area contributed by atoms with Gasteiger partial charge >= 0.3 is 11.9 Å². The van der Waals surface area contributed by atoms with E-state index in [1.54, 1.807) is 18.4 Å².